The van der Waals surface area contributed by atoms with Gasteiger partial charge in [-0.15, -0.1) is 0 Å². The van der Waals surface area contributed by atoms with E-state index in [9.17, 15) is 23.3 Å². The first kappa shape index (κ1) is 30.4. The molecule has 1 amide bonds. The third-order valence-electron chi connectivity index (χ3n) is 7.38. The Morgan fingerprint density at radius 1 is 1.24 bits per heavy atom. The van der Waals surface area contributed by atoms with Gasteiger partial charge in [-0.3, -0.25) is 4.79 Å². The van der Waals surface area contributed by atoms with Crippen molar-refractivity contribution in [2.45, 2.75) is 56.1 Å². The molecule has 41 heavy (non-hydrogen) atoms. The zero-order valence-electron chi connectivity index (χ0n) is 23.6. The quantitative estimate of drug-likeness (QED) is 0.323. The van der Waals surface area contributed by atoms with E-state index >= 15 is 0 Å². The number of amides is 1. The molecule has 2 aromatic carbocycles. The molecule has 3 atom stereocenters. The van der Waals surface area contributed by atoms with E-state index in [0.717, 1.165) is 29.7 Å². The Balaban J connectivity index is 1.69. The van der Waals surface area contributed by atoms with Crippen LogP contribution in [0.15, 0.2) is 59.0 Å². The third-order valence-corrected chi connectivity index (χ3v) is 8.85. The summed E-state index contributed by atoms with van der Waals surface area (Å²) >= 11 is 0. The van der Waals surface area contributed by atoms with Gasteiger partial charge in [-0.05, 0) is 80.6 Å². The molecule has 0 spiro atoms. The Morgan fingerprint density at radius 3 is 2.78 bits per heavy atom. The van der Waals surface area contributed by atoms with Crippen LogP contribution in [-0.4, -0.2) is 70.7 Å². The first-order chi connectivity index (χ1) is 19.7. The fourth-order valence-electron chi connectivity index (χ4n) is 5.31. The molecule has 2 aliphatic rings. The van der Waals surface area contributed by atoms with Crippen LogP contribution in [0.5, 0.6) is 0 Å². The molecule has 10 nitrogen and oxygen atoms in total. The molecule has 4 rings (SSSR count). The molecule has 0 radical (unpaired) electrons. The first-order valence-electron chi connectivity index (χ1n) is 13.7. The van der Waals surface area contributed by atoms with Gasteiger partial charge in [0.25, 0.3) is 0 Å². The van der Waals surface area contributed by atoms with E-state index in [1.807, 2.05) is 13.0 Å². The molecule has 0 unspecified atom stereocenters. The zero-order valence-corrected chi connectivity index (χ0v) is 24.4. The average molecular weight is 581 g/mol. The van der Waals surface area contributed by atoms with Crippen LogP contribution in [0.1, 0.15) is 48.6 Å². The number of benzene rings is 2. The SMILES string of the molecule is CCOC(=O)[C@H]1CC(C)=CCN1C(=O)[C@H](Cc1cccc(C#N)c1)NS(=O)(=O)c1ccc2c(c1)[C@H](COC)NCC2. The Kier molecular flexibility index (Phi) is 9.94. The number of nitriles is 1. The number of methoxy groups -OCH3 is 1. The number of fused-ring (bicyclic) bond motifs is 1. The smallest absolute Gasteiger partial charge is 0.329 e. The van der Waals surface area contributed by atoms with Gasteiger partial charge in [-0.25, -0.2) is 13.2 Å². The highest BCUT2D eigenvalue weighted by Gasteiger charge is 2.38. The molecule has 11 heteroatoms. The van der Waals surface area contributed by atoms with E-state index in [2.05, 4.69) is 16.1 Å². The normalized spacial score (nSPS) is 19.5. The van der Waals surface area contributed by atoms with Crippen LogP contribution in [0.2, 0.25) is 0 Å². The van der Waals surface area contributed by atoms with Crippen molar-refractivity contribution in [1.82, 2.24) is 14.9 Å². The summed E-state index contributed by atoms with van der Waals surface area (Å²) in [6, 6.07) is 11.5. The summed E-state index contributed by atoms with van der Waals surface area (Å²) in [6.07, 6.45) is 2.90. The molecule has 0 saturated heterocycles. The Labute approximate surface area is 241 Å². The van der Waals surface area contributed by atoms with Crippen LogP contribution in [0.25, 0.3) is 0 Å². The molecule has 0 fully saturated rings. The van der Waals surface area contributed by atoms with Gasteiger partial charge in [-0.2, -0.15) is 9.98 Å². The number of hydrogen-bond donors (Lipinski definition) is 2. The number of carbonyl (C=O) groups is 2. The second-order valence-corrected chi connectivity index (χ2v) is 12.0. The fraction of sp³-hybridized carbons (Fsp3) is 0.433. The maximum absolute atomic E-state index is 14.0. The van der Waals surface area contributed by atoms with Crippen molar-refractivity contribution in [1.29, 1.82) is 5.26 Å². The van der Waals surface area contributed by atoms with Crippen molar-refractivity contribution in [2.75, 3.05) is 33.4 Å². The van der Waals surface area contributed by atoms with Crippen molar-refractivity contribution in [3.8, 4) is 6.07 Å². The maximum Gasteiger partial charge on any atom is 0.329 e. The molecular weight excluding hydrogens is 544 g/mol. The first-order valence-corrected chi connectivity index (χ1v) is 15.1. The number of nitrogens with one attached hydrogen (secondary N) is 2. The van der Waals surface area contributed by atoms with Crippen LogP contribution in [-0.2, 0) is 41.9 Å². The predicted octanol–water partition coefficient (Wildman–Crippen LogP) is 2.39. The zero-order chi connectivity index (χ0) is 29.6. The topological polar surface area (TPSA) is 138 Å². The van der Waals surface area contributed by atoms with Crippen LogP contribution < -0.4 is 10.0 Å². The van der Waals surface area contributed by atoms with Crippen molar-refractivity contribution >= 4 is 21.9 Å². The van der Waals surface area contributed by atoms with Gasteiger partial charge in [0.15, 0.2) is 0 Å². The monoisotopic (exact) mass is 580 g/mol. The van der Waals surface area contributed by atoms with Gasteiger partial charge in [0, 0.05) is 13.7 Å². The number of hydrogen-bond acceptors (Lipinski definition) is 8. The lowest BCUT2D eigenvalue weighted by Gasteiger charge is -2.35. The molecule has 2 aliphatic heterocycles. The number of ether oxygens (including phenoxy) is 2. The summed E-state index contributed by atoms with van der Waals surface area (Å²) in [5, 5.41) is 12.7. The van der Waals surface area contributed by atoms with E-state index in [1.54, 1.807) is 56.5 Å². The lowest BCUT2D eigenvalue weighted by molar-refractivity contribution is -0.155. The van der Waals surface area contributed by atoms with E-state index in [1.165, 1.54) is 4.90 Å². The number of rotatable bonds is 10. The van der Waals surface area contributed by atoms with E-state index < -0.39 is 34.0 Å². The highest BCUT2D eigenvalue weighted by Crippen LogP contribution is 2.27. The maximum atomic E-state index is 14.0. The Bertz CT molecular complexity index is 1470. The summed E-state index contributed by atoms with van der Waals surface area (Å²) in [5.74, 6) is -1.08. The van der Waals surface area contributed by atoms with Gasteiger partial charge in [0.2, 0.25) is 15.9 Å². The van der Waals surface area contributed by atoms with Gasteiger partial charge in [-0.1, -0.05) is 29.8 Å². The summed E-state index contributed by atoms with van der Waals surface area (Å²) in [7, 11) is -2.58. The lowest BCUT2D eigenvalue weighted by Crippen LogP contribution is -2.56. The predicted molar refractivity (Wildman–Crippen MR) is 152 cm³/mol. The standard InChI is InChI=1S/C30H36N4O6S/c1-4-40-30(36)28-14-20(2)11-13-34(28)29(35)26(16-21-6-5-7-22(15-21)18-31)33-41(37,38)24-9-8-23-10-12-32-27(19-39-3)25(23)17-24/h5-9,11,15,17,26-28,32-33H,4,10,12-14,16,19H2,1-3H3/t26-,27-,28+/m0/s1. The second kappa shape index (κ2) is 13.4. The fourth-order valence-corrected chi connectivity index (χ4v) is 6.53. The molecule has 218 valence electrons. The summed E-state index contributed by atoms with van der Waals surface area (Å²) in [6.45, 7) is 5.03. The number of esters is 1. The molecule has 2 N–H and O–H groups in total. The van der Waals surface area contributed by atoms with Crippen LogP contribution >= 0.6 is 0 Å². The average Bonchev–Trinajstić information content (AvgIpc) is 2.96. The third kappa shape index (κ3) is 7.21. The van der Waals surface area contributed by atoms with Crippen LogP contribution in [0.4, 0.5) is 0 Å². The minimum absolute atomic E-state index is 0.0128. The summed E-state index contributed by atoms with van der Waals surface area (Å²) in [4.78, 5) is 28.2. The molecule has 0 aromatic heterocycles. The molecule has 2 aromatic rings. The Hall–Kier alpha value is -3.56. The van der Waals surface area contributed by atoms with Gasteiger partial charge in [0.1, 0.15) is 12.1 Å². The van der Waals surface area contributed by atoms with E-state index in [4.69, 9.17) is 9.47 Å². The van der Waals surface area contributed by atoms with Gasteiger partial charge < -0.3 is 19.7 Å². The number of nitrogens with zero attached hydrogens (tertiary/aromatic N) is 2. The largest absolute Gasteiger partial charge is 0.464 e. The highest BCUT2D eigenvalue weighted by molar-refractivity contribution is 7.89. The van der Waals surface area contributed by atoms with Gasteiger partial charge >= 0.3 is 5.97 Å². The second-order valence-electron chi connectivity index (χ2n) is 10.3. The van der Waals surface area contributed by atoms with Crippen molar-refractivity contribution in [3.05, 3.63) is 76.4 Å². The minimum atomic E-state index is -4.17. The van der Waals surface area contributed by atoms with Crippen molar-refractivity contribution in [3.63, 3.8) is 0 Å². The molecule has 0 aliphatic carbocycles. The summed E-state index contributed by atoms with van der Waals surface area (Å²) in [5.41, 5.74) is 3.82. The van der Waals surface area contributed by atoms with E-state index in [0.29, 0.717) is 24.2 Å². The van der Waals surface area contributed by atoms with Gasteiger partial charge in [0.05, 0.1) is 35.8 Å². The van der Waals surface area contributed by atoms with Crippen molar-refractivity contribution in [2.24, 2.45) is 0 Å². The highest BCUT2D eigenvalue weighted by atomic mass is 32.2. The number of sulfonamides is 1. The van der Waals surface area contributed by atoms with Crippen LogP contribution in [0, 0.1) is 11.3 Å². The molecule has 0 bridgehead atoms. The number of carbonyl (C=O) groups excluding carboxylic acids is 2. The minimum Gasteiger partial charge on any atom is -0.464 e. The molecule has 2 heterocycles. The Morgan fingerprint density at radius 2 is 2.05 bits per heavy atom. The molecule has 0 saturated carbocycles. The summed E-state index contributed by atoms with van der Waals surface area (Å²) < 4.78 is 40.7. The van der Waals surface area contributed by atoms with E-state index in [-0.39, 0.29) is 30.5 Å². The van der Waals surface area contributed by atoms with Crippen molar-refractivity contribution < 1.29 is 27.5 Å². The molecular formula is C30H36N4O6S. The van der Waals surface area contributed by atoms with Crippen LogP contribution in [0.3, 0.4) is 0 Å². The lowest BCUT2D eigenvalue weighted by atomic mass is 9.95.